The first-order valence-electron chi connectivity index (χ1n) is 3.04. The Morgan fingerprint density at radius 3 is 2.30 bits per heavy atom. The van der Waals surface area contributed by atoms with Crippen molar-refractivity contribution in [1.29, 1.82) is 0 Å². The largest absolute Gasteiger partial charge is 0.379 e. The van der Waals surface area contributed by atoms with Gasteiger partial charge in [-0.25, -0.2) is 8.42 Å². The third kappa shape index (κ3) is 1.47. The minimum atomic E-state index is -2.91. The summed E-state index contributed by atoms with van der Waals surface area (Å²) in [5.41, 5.74) is 5.46. The summed E-state index contributed by atoms with van der Waals surface area (Å²) in [6.07, 6.45) is -0.301. The molecule has 0 amide bonds. The van der Waals surface area contributed by atoms with Crippen LogP contribution in [-0.2, 0) is 14.6 Å². The number of rotatable bonds is 1. The molecule has 0 aromatic heterocycles. The van der Waals surface area contributed by atoms with Crippen molar-refractivity contribution in [2.75, 3.05) is 18.6 Å². The van der Waals surface area contributed by atoms with E-state index in [2.05, 4.69) is 0 Å². The molecule has 10 heavy (non-hydrogen) atoms. The molecule has 1 fully saturated rings. The Kier molecular flexibility index (Phi) is 1.98. The Balaban J connectivity index is 2.71. The normalized spacial score (nSPS) is 38.2. The number of ether oxygens (including phenoxy) is 1. The van der Waals surface area contributed by atoms with E-state index in [-0.39, 0.29) is 23.7 Å². The number of methoxy groups -OCH3 is 1. The molecule has 0 aromatic carbocycles. The van der Waals surface area contributed by atoms with E-state index >= 15 is 0 Å². The van der Waals surface area contributed by atoms with Crippen molar-refractivity contribution in [1.82, 2.24) is 0 Å². The van der Waals surface area contributed by atoms with Crippen molar-refractivity contribution in [3.63, 3.8) is 0 Å². The monoisotopic (exact) mass is 165 g/mol. The molecule has 2 atom stereocenters. The van der Waals surface area contributed by atoms with E-state index in [0.717, 1.165) is 0 Å². The SMILES string of the molecule is CO[C@@H]1CS(=O)(=O)C[C@@H]1N. The molecule has 4 nitrogen and oxygen atoms in total. The van der Waals surface area contributed by atoms with Gasteiger partial charge in [0.2, 0.25) is 0 Å². The lowest BCUT2D eigenvalue weighted by Gasteiger charge is -2.09. The molecule has 0 bridgehead atoms. The lowest BCUT2D eigenvalue weighted by Crippen LogP contribution is -2.34. The zero-order chi connectivity index (χ0) is 7.78. The molecule has 0 unspecified atom stereocenters. The highest BCUT2D eigenvalue weighted by Gasteiger charge is 2.34. The lowest BCUT2D eigenvalue weighted by atomic mass is 10.2. The van der Waals surface area contributed by atoms with Crippen LogP contribution in [-0.4, -0.2) is 39.2 Å². The number of nitrogens with two attached hydrogens (primary N) is 1. The van der Waals surface area contributed by atoms with Crippen molar-refractivity contribution >= 4 is 9.84 Å². The van der Waals surface area contributed by atoms with Crippen molar-refractivity contribution in [3.05, 3.63) is 0 Å². The first-order chi connectivity index (χ1) is 4.55. The fraction of sp³-hybridized carbons (Fsp3) is 1.00. The number of hydrogen-bond donors (Lipinski definition) is 1. The summed E-state index contributed by atoms with van der Waals surface area (Å²) in [5.74, 6) is 0.135. The minimum absolute atomic E-state index is 0.0610. The fourth-order valence-electron chi connectivity index (χ4n) is 1.09. The molecule has 5 heteroatoms. The maximum absolute atomic E-state index is 10.9. The third-order valence-corrected chi connectivity index (χ3v) is 3.37. The molecule has 1 aliphatic rings. The Morgan fingerprint density at radius 1 is 1.50 bits per heavy atom. The molecule has 0 radical (unpaired) electrons. The van der Waals surface area contributed by atoms with E-state index in [1.807, 2.05) is 0 Å². The van der Waals surface area contributed by atoms with Gasteiger partial charge in [0.05, 0.1) is 17.6 Å². The Labute approximate surface area is 60.3 Å². The van der Waals surface area contributed by atoms with Gasteiger partial charge < -0.3 is 10.5 Å². The van der Waals surface area contributed by atoms with Crippen LogP contribution in [0.5, 0.6) is 0 Å². The Bertz CT molecular complexity index is 211. The van der Waals surface area contributed by atoms with Gasteiger partial charge in [0.25, 0.3) is 0 Å². The zero-order valence-corrected chi connectivity index (χ0v) is 6.60. The summed E-state index contributed by atoms with van der Waals surface area (Å²) in [4.78, 5) is 0. The second-order valence-corrected chi connectivity index (χ2v) is 4.67. The van der Waals surface area contributed by atoms with Crippen LogP contribution >= 0.6 is 0 Å². The van der Waals surface area contributed by atoms with Gasteiger partial charge in [0.15, 0.2) is 9.84 Å². The maximum Gasteiger partial charge on any atom is 0.154 e. The van der Waals surface area contributed by atoms with E-state index in [1.54, 1.807) is 0 Å². The summed E-state index contributed by atoms with van der Waals surface area (Å²) in [6.45, 7) is 0. The van der Waals surface area contributed by atoms with Gasteiger partial charge in [-0.2, -0.15) is 0 Å². The molecule has 0 aromatic rings. The molecule has 0 saturated carbocycles. The molecule has 1 aliphatic heterocycles. The molecule has 0 spiro atoms. The van der Waals surface area contributed by atoms with E-state index in [9.17, 15) is 8.42 Å². The van der Waals surface area contributed by atoms with Gasteiger partial charge in [-0.1, -0.05) is 0 Å². The summed E-state index contributed by atoms with van der Waals surface area (Å²) in [7, 11) is -1.43. The highest BCUT2D eigenvalue weighted by Crippen LogP contribution is 2.12. The first-order valence-corrected chi connectivity index (χ1v) is 4.86. The molecule has 60 valence electrons. The molecule has 0 aliphatic carbocycles. The van der Waals surface area contributed by atoms with Crippen molar-refractivity contribution in [2.45, 2.75) is 12.1 Å². The molecule has 1 saturated heterocycles. The maximum atomic E-state index is 10.9. The van der Waals surface area contributed by atoms with Gasteiger partial charge in [-0.05, 0) is 0 Å². The topological polar surface area (TPSA) is 69.4 Å². The highest BCUT2D eigenvalue weighted by atomic mass is 32.2. The highest BCUT2D eigenvalue weighted by molar-refractivity contribution is 7.91. The van der Waals surface area contributed by atoms with Gasteiger partial charge in [-0.3, -0.25) is 0 Å². The Hall–Kier alpha value is -0.130. The van der Waals surface area contributed by atoms with Crippen LogP contribution in [0, 0.1) is 0 Å². The summed E-state index contributed by atoms with van der Waals surface area (Å²) in [6, 6.07) is -0.338. The van der Waals surface area contributed by atoms with Crippen LogP contribution in [0.2, 0.25) is 0 Å². The number of hydrogen-bond acceptors (Lipinski definition) is 4. The van der Waals surface area contributed by atoms with Crippen molar-refractivity contribution < 1.29 is 13.2 Å². The predicted molar refractivity (Wildman–Crippen MR) is 37.4 cm³/mol. The summed E-state index contributed by atoms with van der Waals surface area (Å²) < 4.78 is 26.6. The third-order valence-electron chi connectivity index (χ3n) is 1.64. The average Bonchev–Trinajstić information content (AvgIpc) is 2.05. The Morgan fingerprint density at radius 2 is 2.10 bits per heavy atom. The molecular formula is C5H11NO3S. The van der Waals surface area contributed by atoms with Crippen LogP contribution in [0.25, 0.3) is 0 Å². The first kappa shape index (κ1) is 7.97. The standard InChI is InChI=1S/C5H11NO3S/c1-9-5-3-10(7,8)2-4(5)6/h4-5H,2-3,6H2,1H3/t4-,5+/m0/s1. The van der Waals surface area contributed by atoms with Crippen LogP contribution < -0.4 is 5.73 Å². The fourth-order valence-corrected chi connectivity index (χ4v) is 2.91. The quantitative estimate of drug-likeness (QED) is 0.527. The van der Waals surface area contributed by atoms with E-state index in [4.69, 9.17) is 10.5 Å². The predicted octanol–water partition coefficient (Wildman–Crippen LogP) is -1.24. The summed E-state index contributed by atoms with van der Waals surface area (Å²) in [5, 5.41) is 0. The van der Waals surface area contributed by atoms with Crippen LogP contribution in [0.15, 0.2) is 0 Å². The van der Waals surface area contributed by atoms with Gasteiger partial charge in [-0.15, -0.1) is 0 Å². The lowest BCUT2D eigenvalue weighted by molar-refractivity contribution is 0.110. The molecule has 1 rings (SSSR count). The average molecular weight is 165 g/mol. The van der Waals surface area contributed by atoms with E-state index in [1.165, 1.54) is 7.11 Å². The molecular weight excluding hydrogens is 154 g/mol. The van der Waals surface area contributed by atoms with Crippen molar-refractivity contribution in [3.8, 4) is 0 Å². The zero-order valence-electron chi connectivity index (χ0n) is 5.78. The van der Waals surface area contributed by atoms with Gasteiger partial charge in [0, 0.05) is 13.2 Å². The van der Waals surface area contributed by atoms with Gasteiger partial charge in [0.1, 0.15) is 0 Å². The molecule has 2 N–H and O–H groups in total. The van der Waals surface area contributed by atoms with Crippen LogP contribution in [0.3, 0.4) is 0 Å². The van der Waals surface area contributed by atoms with E-state index in [0.29, 0.717) is 0 Å². The second-order valence-electron chi connectivity index (χ2n) is 2.51. The minimum Gasteiger partial charge on any atom is -0.379 e. The van der Waals surface area contributed by atoms with Crippen LogP contribution in [0.1, 0.15) is 0 Å². The van der Waals surface area contributed by atoms with Gasteiger partial charge >= 0.3 is 0 Å². The van der Waals surface area contributed by atoms with E-state index < -0.39 is 9.84 Å². The second kappa shape index (κ2) is 2.48. The van der Waals surface area contributed by atoms with Crippen LogP contribution in [0.4, 0.5) is 0 Å². The smallest absolute Gasteiger partial charge is 0.154 e. The number of sulfone groups is 1. The van der Waals surface area contributed by atoms with Crippen molar-refractivity contribution in [2.24, 2.45) is 5.73 Å². The summed E-state index contributed by atoms with van der Waals surface area (Å²) >= 11 is 0. The molecule has 1 heterocycles.